The zero-order valence-electron chi connectivity index (χ0n) is 17.8. The first kappa shape index (κ1) is 24.1. The Kier molecular flexibility index (Phi) is 9.24. The van der Waals surface area contributed by atoms with Crippen molar-refractivity contribution in [1.82, 2.24) is 10.6 Å². The fraction of sp³-hybridized carbons (Fsp3) is 0.550. The summed E-state index contributed by atoms with van der Waals surface area (Å²) in [6.45, 7) is 11.2. The Labute approximate surface area is 171 Å². The summed E-state index contributed by atoms with van der Waals surface area (Å²) in [5.74, 6) is -0.450. The summed E-state index contributed by atoms with van der Waals surface area (Å²) in [7, 11) is 0. The number of imide groups is 1. The second-order valence-corrected chi connectivity index (χ2v) is 6.93. The Balaban J connectivity index is 2.87. The van der Waals surface area contributed by atoms with E-state index >= 15 is 0 Å². The fourth-order valence-corrected chi connectivity index (χ4v) is 2.26. The zero-order chi connectivity index (χ0) is 22.0. The predicted molar refractivity (Wildman–Crippen MR) is 107 cm³/mol. The van der Waals surface area contributed by atoms with Crippen LogP contribution >= 0.6 is 0 Å². The van der Waals surface area contributed by atoms with Crippen LogP contribution in [0.25, 0.3) is 0 Å². The maximum absolute atomic E-state index is 12.4. The molecule has 0 saturated carbocycles. The number of ether oxygens (including phenoxy) is 4. The van der Waals surface area contributed by atoms with Crippen LogP contribution in [0.5, 0.6) is 17.2 Å². The number of benzene rings is 1. The van der Waals surface area contributed by atoms with Crippen molar-refractivity contribution in [2.24, 2.45) is 0 Å². The van der Waals surface area contributed by atoms with E-state index in [-0.39, 0.29) is 5.56 Å². The van der Waals surface area contributed by atoms with Crippen LogP contribution in [-0.2, 0) is 9.53 Å². The number of amides is 3. The second-order valence-electron chi connectivity index (χ2n) is 6.93. The highest BCUT2D eigenvalue weighted by molar-refractivity contribution is 5.97. The Morgan fingerprint density at radius 3 is 1.86 bits per heavy atom. The number of nitrogens with one attached hydrogen (secondary N) is 2. The van der Waals surface area contributed by atoms with E-state index < -0.39 is 30.1 Å². The van der Waals surface area contributed by atoms with E-state index in [1.165, 1.54) is 12.1 Å². The van der Waals surface area contributed by atoms with E-state index in [2.05, 4.69) is 10.6 Å². The summed E-state index contributed by atoms with van der Waals surface area (Å²) in [4.78, 5) is 35.9. The number of urea groups is 1. The molecule has 9 nitrogen and oxygen atoms in total. The molecule has 29 heavy (non-hydrogen) atoms. The van der Waals surface area contributed by atoms with Gasteiger partial charge in [0.15, 0.2) is 18.1 Å². The normalized spacial score (nSPS) is 10.7. The zero-order valence-corrected chi connectivity index (χ0v) is 17.8. The van der Waals surface area contributed by atoms with E-state index in [9.17, 15) is 14.4 Å². The van der Waals surface area contributed by atoms with Crippen molar-refractivity contribution >= 4 is 17.9 Å². The van der Waals surface area contributed by atoms with E-state index in [0.717, 1.165) is 0 Å². The van der Waals surface area contributed by atoms with Gasteiger partial charge in [-0.25, -0.2) is 9.59 Å². The molecule has 0 heterocycles. The third-order valence-corrected chi connectivity index (χ3v) is 3.22. The highest BCUT2D eigenvalue weighted by Crippen LogP contribution is 2.39. The molecule has 0 aliphatic heterocycles. The van der Waals surface area contributed by atoms with Crippen LogP contribution in [0, 0.1) is 0 Å². The molecule has 162 valence electrons. The molecule has 0 radical (unpaired) electrons. The SMILES string of the molecule is CCOc1cc(C(=O)OCC(=O)NC(=O)NC(C)(C)C)cc(OCC)c1OCC. The number of hydrogen-bond donors (Lipinski definition) is 2. The number of hydrogen-bond acceptors (Lipinski definition) is 7. The molecule has 2 N–H and O–H groups in total. The third kappa shape index (κ3) is 8.28. The van der Waals surface area contributed by atoms with Gasteiger partial charge in [-0.3, -0.25) is 10.1 Å². The number of carbonyl (C=O) groups is 3. The molecule has 0 aliphatic carbocycles. The van der Waals surface area contributed by atoms with Gasteiger partial charge in [0, 0.05) is 5.54 Å². The summed E-state index contributed by atoms with van der Waals surface area (Å²) in [5, 5.41) is 4.67. The maximum Gasteiger partial charge on any atom is 0.338 e. The molecule has 1 rings (SSSR count). The molecule has 0 aromatic heterocycles. The average Bonchev–Trinajstić information content (AvgIpc) is 2.60. The van der Waals surface area contributed by atoms with Crippen LogP contribution in [0.4, 0.5) is 4.79 Å². The minimum absolute atomic E-state index is 0.132. The molecular weight excluding hydrogens is 380 g/mol. The Morgan fingerprint density at radius 1 is 0.897 bits per heavy atom. The van der Waals surface area contributed by atoms with Gasteiger partial charge in [0.25, 0.3) is 5.91 Å². The Hall–Kier alpha value is -2.97. The lowest BCUT2D eigenvalue weighted by Crippen LogP contribution is -2.49. The average molecular weight is 410 g/mol. The first-order chi connectivity index (χ1) is 13.6. The third-order valence-electron chi connectivity index (χ3n) is 3.22. The molecule has 0 atom stereocenters. The molecule has 3 amide bonds. The van der Waals surface area contributed by atoms with Gasteiger partial charge in [-0.05, 0) is 53.7 Å². The topological polar surface area (TPSA) is 112 Å². The van der Waals surface area contributed by atoms with Gasteiger partial charge in [0.1, 0.15) is 0 Å². The Morgan fingerprint density at radius 2 is 1.41 bits per heavy atom. The van der Waals surface area contributed by atoms with Gasteiger partial charge in [-0.2, -0.15) is 0 Å². The number of rotatable bonds is 9. The number of carbonyl (C=O) groups excluding carboxylic acids is 3. The van der Waals surface area contributed by atoms with E-state index in [1.54, 1.807) is 34.6 Å². The van der Waals surface area contributed by atoms with Gasteiger partial charge in [0.2, 0.25) is 5.75 Å². The maximum atomic E-state index is 12.4. The molecule has 0 spiro atoms. The molecule has 1 aromatic carbocycles. The van der Waals surface area contributed by atoms with Crippen molar-refractivity contribution in [3.05, 3.63) is 17.7 Å². The van der Waals surface area contributed by atoms with Crippen LogP contribution in [0.2, 0.25) is 0 Å². The standard InChI is InChI=1S/C20H30N2O7/c1-7-26-14-10-13(11-15(27-8-2)17(14)28-9-3)18(24)29-12-16(23)21-19(25)22-20(4,5)6/h10-11H,7-9,12H2,1-6H3,(H2,21,22,23,25). The lowest BCUT2D eigenvalue weighted by atomic mass is 10.1. The lowest BCUT2D eigenvalue weighted by Gasteiger charge is -2.20. The summed E-state index contributed by atoms with van der Waals surface area (Å²) in [6.07, 6.45) is 0. The molecular formula is C20H30N2O7. The van der Waals surface area contributed by atoms with Crippen LogP contribution in [0.1, 0.15) is 51.9 Å². The van der Waals surface area contributed by atoms with Crippen LogP contribution < -0.4 is 24.8 Å². The molecule has 0 fully saturated rings. The van der Waals surface area contributed by atoms with E-state index in [0.29, 0.717) is 37.1 Å². The summed E-state index contributed by atoms with van der Waals surface area (Å²) in [6, 6.07) is 2.25. The van der Waals surface area contributed by atoms with Gasteiger partial charge in [-0.15, -0.1) is 0 Å². The molecule has 0 aliphatic rings. The van der Waals surface area contributed by atoms with Crippen molar-refractivity contribution in [3.63, 3.8) is 0 Å². The highest BCUT2D eigenvalue weighted by Gasteiger charge is 2.21. The van der Waals surface area contributed by atoms with E-state index in [1.807, 2.05) is 6.92 Å². The highest BCUT2D eigenvalue weighted by atomic mass is 16.5. The quantitative estimate of drug-likeness (QED) is 0.602. The van der Waals surface area contributed by atoms with Crippen molar-refractivity contribution in [1.29, 1.82) is 0 Å². The Bertz CT molecular complexity index is 699. The van der Waals surface area contributed by atoms with Crippen LogP contribution in [-0.4, -0.2) is 49.9 Å². The van der Waals surface area contributed by atoms with Gasteiger partial charge in [-0.1, -0.05) is 0 Å². The predicted octanol–water partition coefficient (Wildman–Crippen LogP) is 2.66. The van der Waals surface area contributed by atoms with Crippen LogP contribution in [0.15, 0.2) is 12.1 Å². The van der Waals surface area contributed by atoms with Crippen molar-refractivity contribution in [2.75, 3.05) is 26.4 Å². The van der Waals surface area contributed by atoms with Crippen molar-refractivity contribution in [2.45, 2.75) is 47.1 Å². The minimum Gasteiger partial charge on any atom is -0.490 e. The van der Waals surface area contributed by atoms with Crippen molar-refractivity contribution < 1.29 is 33.3 Å². The first-order valence-electron chi connectivity index (χ1n) is 9.46. The van der Waals surface area contributed by atoms with Gasteiger partial charge >= 0.3 is 12.0 Å². The molecule has 9 heteroatoms. The molecule has 1 aromatic rings. The minimum atomic E-state index is -0.763. The van der Waals surface area contributed by atoms with Gasteiger partial charge in [0.05, 0.1) is 25.4 Å². The molecule has 0 unspecified atom stereocenters. The van der Waals surface area contributed by atoms with Gasteiger partial charge < -0.3 is 24.3 Å². The smallest absolute Gasteiger partial charge is 0.338 e. The van der Waals surface area contributed by atoms with E-state index in [4.69, 9.17) is 18.9 Å². The fourth-order valence-electron chi connectivity index (χ4n) is 2.26. The summed E-state index contributed by atoms with van der Waals surface area (Å²) < 4.78 is 21.7. The lowest BCUT2D eigenvalue weighted by molar-refractivity contribution is -0.123. The number of esters is 1. The van der Waals surface area contributed by atoms with Crippen LogP contribution in [0.3, 0.4) is 0 Å². The van der Waals surface area contributed by atoms with Crippen molar-refractivity contribution in [3.8, 4) is 17.2 Å². The molecule has 0 saturated heterocycles. The summed E-state index contributed by atoms with van der Waals surface area (Å²) >= 11 is 0. The second kappa shape index (κ2) is 11.1. The largest absolute Gasteiger partial charge is 0.490 e. The molecule has 0 bridgehead atoms. The first-order valence-corrected chi connectivity index (χ1v) is 9.46. The monoisotopic (exact) mass is 410 g/mol. The summed E-state index contributed by atoms with van der Waals surface area (Å²) in [5.41, 5.74) is -0.373.